The molecule has 3 nitrogen and oxygen atoms in total. The molecule has 4 heteroatoms. The van der Waals surface area contributed by atoms with Gasteiger partial charge >= 0.3 is 0 Å². The van der Waals surface area contributed by atoms with Gasteiger partial charge in [-0.3, -0.25) is 4.98 Å². The van der Waals surface area contributed by atoms with Crippen LogP contribution in [0.4, 0.5) is 0 Å². The van der Waals surface area contributed by atoms with Crippen LogP contribution < -0.4 is 10.1 Å². The van der Waals surface area contributed by atoms with Crippen molar-refractivity contribution in [2.45, 2.75) is 33.9 Å². The molecule has 1 N–H and O–H groups in total. The quantitative estimate of drug-likeness (QED) is 0.842. The molecule has 1 aromatic heterocycles. The minimum Gasteiger partial charge on any atom is -0.488 e. The second kappa shape index (κ2) is 7.41. The van der Waals surface area contributed by atoms with Crippen LogP contribution in [0.15, 0.2) is 29.9 Å². The lowest BCUT2D eigenvalue weighted by Gasteiger charge is -2.13. The highest BCUT2D eigenvalue weighted by atomic mass is 32.1. The summed E-state index contributed by atoms with van der Waals surface area (Å²) in [7, 11) is 0. The van der Waals surface area contributed by atoms with Gasteiger partial charge in [0.25, 0.3) is 0 Å². The third kappa shape index (κ3) is 4.62. The zero-order valence-electron chi connectivity index (χ0n) is 12.3. The number of nitrogens with one attached hydrogen (secondary N) is 1. The van der Waals surface area contributed by atoms with E-state index in [1.807, 2.05) is 11.7 Å². The number of ether oxygens (including phenoxy) is 1. The molecule has 0 spiro atoms. The average Bonchev–Trinajstić information content (AvgIpc) is 2.90. The lowest BCUT2D eigenvalue weighted by atomic mass is 10.1. The summed E-state index contributed by atoms with van der Waals surface area (Å²) >= 11 is 1.62. The van der Waals surface area contributed by atoms with Gasteiger partial charge < -0.3 is 10.1 Å². The SMILES string of the molecule is Cc1ccc(OCc2cncs2)c(CNCC(C)C)c1. The van der Waals surface area contributed by atoms with Crippen LogP contribution in [0.5, 0.6) is 5.75 Å². The van der Waals surface area contributed by atoms with Gasteiger partial charge in [0.2, 0.25) is 0 Å². The molecule has 0 aliphatic carbocycles. The zero-order chi connectivity index (χ0) is 14.4. The first-order valence-electron chi connectivity index (χ1n) is 6.95. The van der Waals surface area contributed by atoms with E-state index in [9.17, 15) is 0 Å². The fraction of sp³-hybridized carbons (Fsp3) is 0.438. The molecule has 0 atom stereocenters. The lowest BCUT2D eigenvalue weighted by Crippen LogP contribution is -2.19. The fourth-order valence-electron chi connectivity index (χ4n) is 1.94. The van der Waals surface area contributed by atoms with Gasteiger partial charge in [-0.15, -0.1) is 11.3 Å². The maximum absolute atomic E-state index is 5.92. The maximum Gasteiger partial charge on any atom is 0.124 e. The van der Waals surface area contributed by atoms with Gasteiger partial charge in [-0.25, -0.2) is 0 Å². The topological polar surface area (TPSA) is 34.1 Å². The molecule has 2 aromatic rings. The van der Waals surface area contributed by atoms with Gasteiger partial charge in [0.15, 0.2) is 0 Å². The molecule has 0 saturated heterocycles. The van der Waals surface area contributed by atoms with Crippen LogP contribution in [-0.2, 0) is 13.2 Å². The van der Waals surface area contributed by atoms with Crippen LogP contribution in [0.3, 0.4) is 0 Å². The molecule has 0 fully saturated rings. The Hall–Kier alpha value is -1.39. The largest absolute Gasteiger partial charge is 0.488 e. The third-order valence-electron chi connectivity index (χ3n) is 2.94. The number of hydrogen-bond donors (Lipinski definition) is 1. The minimum absolute atomic E-state index is 0.588. The summed E-state index contributed by atoms with van der Waals surface area (Å²) in [6.07, 6.45) is 1.86. The molecule has 2 rings (SSSR count). The van der Waals surface area contributed by atoms with Crippen molar-refractivity contribution in [3.8, 4) is 5.75 Å². The van der Waals surface area contributed by atoms with Crippen LogP contribution >= 0.6 is 11.3 Å². The first-order chi connectivity index (χ1) is 9.65. The molecule has 108 valence electrons. The Labute approximate surface area is 125 Å². The highest BCUT2D eigenvalue weighted by Gasteiger charge is 2.06. The Balaban J connectivity index is 1.99. The van der Waals surface area contributed by atoms with E-state index in [0.717, 1.165) is 23.7 Å². The normalized spacial score (nSPS) is 11.0. The van der Waals surface area contributed by atoms with E-state index in [2.05, 4.69) is 49.3 Å². The molecule has 0 bridgehead atoms. The number of benzene rings is 1. The van der Waals surface area contributed by atoms with Gasteiger partial charge in [0, 0.05) is 18.3 Å². The van der Waals surface area contributed by atoms with Gasteiger partial charge in [0.05, 0.1) is 10.4 Å². The minimum atomic E-state index is 0.588. The number of aromatic nitrogens is 1. The molecular formula is C16H22N2OS. The van der Waals surface area contributed by atoms with Crippen molar-refractivity contribution in [1.29, 1.82) is 0 Å². The standard InChI is InChI=1S/C16H22N2OS/c1-12(2)7-17-8-14-6-13(3)4-5-16(14)19-10-15-9-18-11-20-15/h4-6,9,11-12,17H,7-8,10H2,1-3H3. The highest BCUT2D eigenvalue weighted by Crippen LogP contribution is 2.22. The molecule has 1 aromatic carbocycles. The predicted octanol–water partition coefficient (Wildman–Crippen LogP) is 3.78. The third-order valence-corrected chi connectivity index (χ3v) is 3.69. The maximum atomic E-state index is 5.92. The Bertz CT molecular complexity index is 523. The number of nitrogens with zero attached hydrogens (tertiary/aromatic N) is 1. The Morgan fingerprint density at radius 1 is 1.35 bits per heavy atom. The van der Waals surface area contributed by atoms with Crippen molar-refractivity contribution in [3.05, 3.63) is 45.9 Å². The summed E-state index contributed by atoms with van der Waals surface area (Å²) < 4.78 is 5.92. The van der Waals surface area contributed by atoms with Crippen LogP contribution in [0, 0.1) is 12.8 Å². The van der Waals surface area contributed by atoms with Gasteiger partial charge in [-0.1, -0.05) is 31.5 Å². The van der Waals surface area contributed by atoms with E-state index in [1.54, 1.807) is 11.3 Å². The van der Waals surface area contributed by atoms with Crippen molar-refractivity contribution in [2.24, 2.45) is 5.92 Å². The molecule has 0 aliphatic heterocycles. The Morgan fingerprint density at radius 2 is 2.20 bits per heavy atom. The number of aryl methyl sites for hydroxylation is 1. The van der Waals surface area contributed by atoms with E-state index in [0.29, 0.717) is 12.5 Å². The van der Waals surface area contributed by atoms with Crippen molar-refractivity contribution in [3.63, 3.8) is 0 Å². The molecular weight excluding hydrogens is 268 g/mol. The fourth-order valence-corrected chi connectivity index (χ4v) is 2.45. The molecule has 0 saturated carbocycles. The van der Waals surface area contributed by atoms with E-state index >= 15 is 0 Å². The van der Waals surface area contributed by atoms with Crippen molar-refractivity contribution in [2.75, 3.05) is 6.54 Å². The summed E-state index contributed by atoms with van der Waals surface area (Å²) in [5, 5.41) is 3.47. The lowest BCUT2D eigenvalue weighted by molar-refractivity contribution is 0.305. The zero-order valence-corrected chi connectivity index (χ0v) is 13.2. The number of rotatable bonds is 7. The van der Waals surface area contributed by atoms with E-state index in [1.165, 1.54) is 11.1 Å². The smallest absolute Gasteiger partial charge is 0.124 e. The monoisotopic (exact) mass is 290 g/mol. The predicted molar refractivity (Wildman–Crippen MR) is 84.2 cm³/mol. The van der Waals surface area contributed by atoms with Crippen LogP contribution in [0.1, 0.15) is 29.9 Å². The second-order valence-electron chi connectivity index (χ2n) is 5.39. The molecule has 0 aliphatic rings. The van der Waals surface area contributed by atoms with Gasteiger partial charge in [0.1, 0.15) is 12.4 Å². The molecule has 0 amide bonds. The van der Waals surface area contributed by atoms with Gasteiger partial charge in [-0.2, -0.15) is 0 Å². The molecule has 1 heterocycles. The van der Waals surface area contributed by atoms with Crippen LogP contribution in [0.25, 0.3) is 0 Å². The number of hydrogen-bond acceptors (Lipinski definition) is 4. The van der Waals surface area contributed by atoms with E-state index < -0.39 is 0 Å². The molecule has 0 unspecified atom stereocenters. The summed E-state index contributed by atoms with van der Waals surface area (Å²) in [6.45, 7) is 8.98. The Kier molecular flexibility index (Phi) is 5.56. The first-order valence-corrected chi connectivity index (χ1v) is 7.83. The van der Waals surface area contributed by atoms with Crippen molar-refractivity contribution < 1.29 is 4.74 Å². The summed E-state index contributed by atoms with van der Waals surface area (Å²) in [5.41, 5.74) is 4.31. The first kappa shape index (κ1) is 15.0. The molecule has 20 heavy (non-hydrogen) atoms. The summed E-state index contributed by atoms with van der Waals surface area (Å²) in [6, 6.07) is 6.34. The Morgan fingerprint density at radius 3 is 2.90 bits per heavy atom. The van der Waals surface area contributed by atoms with Gasteiger partial charge in [-0.05, 0) is 25.5 Å². The van der Waals surface area contributed by atoms with Crippen molar-refractivity contribution >= 4 is 11.3 Å². The molecule has 0 radical (unpaired) electrons. The number of thiazole rings is 1. The van der Waals surface area contributed by atoms with Crippen molar-refractivity contribution in [1.82, 2.24) is 10.3 Å². The second-order valence-corrected chi connectivity index (χ2v) is 6.36. The average molecular weight is 290 g/mol. The van der Waals surface area contributed by atoms with Crippen LogP contribution in [0.2, 0.25) is 0 Å². The summed E-state index contributed by atoms with van der Waals surface area (Å²) in [5.74, 6) is 1.61. The summed E-state index contributed by atoms with van der Waals surface area (Å²) in [4.78, 5) is 5.21. The van der Waals surface area contributed by atoms with E-state index in [-0.39, 0.29) is 0 Å². The van der Waals surface area contributed by atoms with Crippen LogP contribution in [-0.4, -0.2) is 11.5 Å². The van der Waals surface area contributed by atoms with E-state index in [4.69, 9.17) is 4.74 Å². The highest BCUT2D eigenvalue weighted by molar-refractivity contribution is 7.09.